The van der Waals surface area contributed by atoms with Gasteiger partial charge in [0.1, 0.15) is 32.5 Å². The minimum absolute atomic E-state index is 0.0703. The molecule has 0 aromatic carbocycles. The van der Waals surface area contributed by atoms with Gasteiger partial charge in [-0.3, -0.25) is 40.0 Å². The Morgan fingerprint density at radius 2 is 0.808 bits per heavy atom. The van der Waals surface area contributed by atoms with Crippen LogP contribution in [0.15, 0.2) is 0 Å². The third-order valence-corrected chi connectivity index (χ3v) is 6.52. The van der Waals surface area contributed by atoms with Crippen LogP contribution in [0.2, 0.25) is 0 Å². The van der Waals surface area contributed by atoms with Crippen molar-refractivity contribution in [2.75, 3.05) is 138 Å². The van der Waals surface area contributed by atoms with E-state index in [2.05, 4.69) is 44.2 Å². The molecule has 52 heavy (non-hydrogen) atoms. The number of unbranched alkanes of at least 4 members (excludes halogenated alkanes) is 1. The number of carbonyl (C=O) groups excluding carboxylic acids is 4. The van der Waals surface area contributed by atoms with Gasteiger partial charge in [0.2, 0.25) is 23.6 Å². The second-order valence-corrected chi connectivity index (χ2v) is 10.8. The highest BCUT2D eigenvalue weighted by molar-refractivity contribution is 7.78. The van der Waals surface area contributed by atoms with Gasteiger partial charge >= 0.3 is 5.97 Å². The molecule has 0 aromatic rings. The highest BCUT2D eigenvalue weighted by atomic mass is 32.1. The van der Waals surface area contributed by atoms with Crippen molar-refractivity contribution in [2.24, 2.45) is 5.84 Å². The summed E-state index contributed by atoms with van der Waals surface area (Å²) in [4.78, 5) is 57.9. The van der Waals surface area contributed by atoms with E-state index >= 15 is 0 Å². The molecule has 0 spiro atoms. The summed E-state index contributed by atoms with van der Waals surface area (Å²) in [6, 6.07) is -0.723. The van der Waals surface area contributed by atoms with Gasteiger partial charge in [-0.05, 0) is 19.3 Å². The van der Waals surface area contributed by atoms with Gasteiger partial charge in [0.25, 0.3) is 0 Å². The molecular weight excluding hydrogens is 714 g/mol. The van der Waals surface area contributed by atoms with E-state index in [1.807, 2.05) is 0 Å². The van der Waals surface area contributed by atoms with Crippen molar-refractivity contribution in [3.8, 4) is 0 Å². The van der Waals surface area contributed by atoms with Gasteiger partial charge in [0.15, 0.2) is 0 Å². The number of carboxylic acid groups (broad SMARTS) is 1. The van der Waals surface area contributed by atoms with Crippen LogP contribution in [-0.4, -0.2) is 179 Å². The predicted molar refractivity (Wildman–Crippen MR) is 188 cm³/mol. The molecule has 0 aliphatic carbocycles. The van der Waals surface area contributed by atoms with Crippen LogP contribution in [-0.2, 0) is 61.9 Å². The number of amides is 4. The zero-order chi connectivity index (χ0) is 38.3. The Kier molecular flexibility index (Phi) is 36.0. The smallest absolute Gasteiger partial charge is 0.321 e. The van der Waals surface area contributed by atoms with Crippen molar-refractivity contribution in [2.45, 2.75) is 25.3 Å². The highest BCUT2D eigenvalue weighted by Crippen LogP contribution is 2.01. The zero-order valence-corrected chi connectivity index (χ0v) is 30.7. The lowest BCUT2D eigenvalue weighted by Gasteiger charge is -2.10. The molecule has 0 heterocycles. The Bertz CT molecular complexity index is 930. The molecule has 0 rings (SSSR count). The molecule has 0 radical (unpaired) electrons. The molecule has 0 aliphatic rings. The summed E-state index contributed by atoms with van der Waals surface area (Å²) in [6.07, 6.45) is 1.66. The van der Waals surface area contributed by atoms with Gasteiger partial charge < -0.3 is 64.3 Å². The summed E-state index contributed by atoms with van der Waals surface area (Å²) in [5, 5.41) is 19.6. The molecule has 0 aromatic heterocycles. The van der Waals surface area contributed by atoms with Crippen LogP contribution in [0, 0.1) is 0 Å². The van der Waals surface area contributed by atoms with E-state index in [4.69, 9.17) is 48.8 Å². The number of nitrogens with one attached hydrogen (secondary N) is 6. The van der Waals surface area contributed by atoms with Gasteiger partial charge in [-0.1, -0.05) is 12.8 Å². The van der Waals surface area contributed by atoms with Crippen LogP contribution in [0.5, 0.6) is 0 Å². The lowest BCUT2D eigenvalue weighted by Crippen LogP contribution is -2.32. The predicted octanol–water partition coefficient (Wildman–Crippen LogP) is -3.89. The van der Waals surface area contributed by atoms with Crippen molar-refractivity contribution in [3.05, 3.63) is 0 Å². The lowest BCUT2D eigenvalue weighted by molar-refractivity contribution is -0.139. The molecule has 22 heteroatoms. The molecular formula is C30H59N7O14S. The van der Waals surface area contributed by atoms with E-state index in [9.17, 15) is 24.0 Å². The number of ether oxygens (including phenoxy) is 8. The normalized spacial score (nSPS) is 11.6. The van der Waals surface area contributed by atoms with E-state index in [1.54, 1.807) is 0 Å². The van der Waals surface area contributed by atoms with Crippen LogP contribution in [0.1, 0.15) is 19.3 Å². The maximum absolute atomic E-state index is 11.8. The lowest BCUT2D eigenvalue weighted by atomic mass is 10.1. The summed E-state index contributed by atoms with van der Waals surface area (Å²) >= 11 is 3.77. The number of aliphatic carboxylic acids is 1. The molecule has 9 N–H and O–H groups in total. The average Bonchev–Trinajstić information content (AvgIpc) is 3.12. The fourth-order valence-corrected chi connectivity index (χ4v) is 3.85. The summed E-state index contributed by atoms with van der Waals surface area (Å²) in [5.74, 6) is 3.00. The van der Waals surface area contributed by atoms with Gasteiger partial charge in [-0.2, -0.15) is 0 Å². The maximum atomic E-state index is 11.8. The number of rotatable bonds is 39. The van der Waals surface area contributed by atoms with Crippen LogP contribution in [0.4, 0.5) is 0 Å². The van der Waals surface area contributed by atoms with Gasteiger partial charge in [-0.25, -0.2) is 0 Å². The number of carbonyl (C=O) groups is 5. The summed E-state index contributed by atoms with van der Waals surface area (Å²) < 4.78 is 44.6. The molecule has 0 bridgehead atoms. The minimum atomic E-state index is -0.969. The van der Waals surface area contributed by atoms with Crippen LogP contribution < -0.4 is 37.3 Å². The van der Waals surface area contributed by atoms with E-state index in [1.165, 1.54) is 0 Å². The molecule has 1 atom stereocenters. The van der Waals surface area contributed by atoms with Gasteiger partial charge in [0, 0.05) is 32.7 Å². The van der Waals surface area contributed by atoms with Gasteiger partial charge in [0.05, 0.1) is 79.3 Å². The first-order valence-corrected chi connectivity index (χ1v) is 17.5. The Balaban J connectivity index is 3.40. The van der Waals surface area contributed by atoms with E-state index in [0.29, 0.717) is 65.3 Å². The van der Waals surface area contributed by atoms with E-state index in [0.717, 1.165) is 0 Å². The van der Waals surface area contributed by atoms with Crippen molar-refractivity contribution >= 4 is 42.4 Å². The standard InChI is InChI=1S/C30H59N7O14S/c31-36-8-12-47-16-20-51-24-29(41)35-7-11-46-15-19-50-23-28(40)34-6-10-45-14-18-49-22-27(39)33-5-9-44-13-17-48-21-26(38)32-4-2-1-3-25(37-52)30(42)43/h25,36-37,52H,1-24,31H2,(H,32,38)(H,33,39)(H,34,40)(H,35,41)(H,42,43)/t25-/m0/s1. The Morgan fingerprint density at radius 3 is 1.13 bits per heavy atom. The summed E-state index contributed by atoms with van der Waals surface area (Å²) in [5.41, 5.74) is 2.46. The number of carboxylic acids is 1. The molecule has 0 aliphatic heterocycles. The molecule has 304 valence electrons. The minimum Gasteiger partial charge on any atom is -0.480 e. The fourth-order valence-electron chi connectivity index (χ4n) is 3.61. The molecule has 4 amide bonds. The maximum Gasteiger partial charge on any atom is 0.321 e. The van der Waals surface area contributed by atoms with Crippen molar-refractivity contribution in [1.82, 2.24) is 31.4 Å². The average molecular weight is 774 g/mol. The molecule has 0 fully saturated rings. The van der Waals surface area contributed by atoms with Crippen LogP contribution in [0.25, 0.3) is 0 Å². The number of thiol groups is 1. The number of hydrazine groups is 1. The SMILES string of the molecule is NNCCOCCOCC(=O)NCCOCCOCC(=O)NCCOCCOCC(=O)NCCOCCOCC(=O)NCCCC[C@H](NS)C(=O)O. The molecule has 0 unspecified atom stereocenters. The Labute approximate surface area is 310 Å². The molecule has 0 saturated carbocycles. The molecule has 0 saturated heterocycles. The first-order chi connectivity index (χ1) is 25.3. The topological polar surface area (TPSA) is 278 Å². The number of nitrogens with two attached hydrogens (primary N) is 1. The Morgan fingerprint density at radius 1 is 0.481 bits per heavy atom. The van der Waals surface area contributed by atoms with Crippen LogP contribution >= 0.6 is 12.8 Å². The summed E-state index contributed by atoms with van der Waals surface area (Å²) in [6.45, 7) is 4.73. The first-order valence-electron chi connectivity index (χ1n) is 17.0. The van der Waals surface area contributed by atoms with Crippen molar-refractivity contribution in [1.29, 1.82) is 0 Å². The third kappa shape index (κ3) is 35.7. The Hall–Kier alpha value is -2.74. The van der Waals surface area contributed by atoms with E-state index < -0.39 is 12.0 Å². The quantitative estimate of drug-likeness (QED) is 0.0125. The van der Waals surface area contributed by atoms with Crippen LogP contribution in [0.3, 0.4) is 0 Å². The second kappa shape index (κ2) is 38.0. The zero-order valence-electron chi connectivity index (χ0n) is 29.8. The van der Waals surface area contributed by atoms with E-state index in [-0.39, 0.29) is 116 Å². The largest absolute Gasteiger partial charge is 0.480 e. The second-order valence-electron chi connectivity index (χ2n) is 10.5. The number of hydrogen-bond donors (Lipinski definition) is 9. The monoisotopic (exact) mass is 773 g/mol. The first kappa shape index (κ1) is 49.3. The van der Waals surface area contributed by atoms with Crippen molar-refractivity contribution in [3.63, 3.8) is 0 Å². The third-order valence-electron chi connectivity index (χ3n) is 6.21. The number of hydrogen-bond acceptors (Lipinski definition) is 17. The summed E-state index contributed by atoms with van der Waals surface area (Å²) in [7, 11) is 0. The van der Waals surface area contributed by atoms with Gasteiger partial charge in [-0.15, -0.1) is 0 Å². The molecule has 21 nitrogen and oxygen atoms in total. The van der Waals surface area contributed by atoms with Crippen molar-refractivity contribution < 1.29 is 67.0 Å². The fraction of sp³-hybridized carbons (Fsp3) is 0.833. The highest BCUT2D eigenvalue weighted by Gasteiger charge is 2.14.